The van der Waals surface area contributed by atoms with Gasteiger partial charge in [-0.15, -0.1) is 15.0 Å². The largest absolute Gasteiger partial charge is 0.494 e. The summed E-state index contributed by atoms with van der Waals surface area (Å²) >= 11 is 0. The number of benzene rings is 1. The molecule has 0 aliphatic rings. The van der Waals surface area contributed by atoms with Crippen LogP contribution in [0.15, 0.2) is 18.2 Å². The van der Waals surface area contributed by atoms with Crippen molar-refractivity contribution in [3.8, 4) is 11.4 Å². The van der Waals surface area contributed by atoms with E-state index in [2.05, 4.69) is 29.3 Å². The Balaban J connectivity index is 2.51. The zero-order valence-corrected chi connectivity index (χ0v) is 10.9. The number of hydrogen-bond donors (Lipinski definition) is 1. The molecule has 2 rings (SSSR count). The first kappa shape index (κ1) is 13.0. The van der Waals surface area contributed by atoms with E-state index >= 15 is 0 Å². The van der Waals surface area contributed by atoms with E-state index in [0.29, 0.717) is 17.4 Å². The number of tetrazole rings is 1. The van der Waals surface area contributed by atoms with Gasteiger partial charge in [0.1, 0.15) is 11.4 Å². The van der Waals surface area contributed by atoms with Crippen LogP contribution in [0.4, 0.5) is 0 Å². The fourth-order valence-corrected chi connectivity index (χ4v) is 1.62. The molecule has 1 aromatic carbocycles. The molecule has 1 heterocycles. The number of aromatic carboxylic acids is 1. The van der Waals surface area contributed by atoms with Crippen LogP contribution in [-0.2, 0) is 0 Å². The van der Waals surface area contributed by atoms with Crippen molar-refractivity contribution in [1.82, 2.24) is 20.2 Å². The molecule has 1 aromatic heterocycles. The second-order valence-electron chi connectivity index (χ2n) is 4.29. The maximum atomic E-state index is 10.8. The molecule has 0 aliphatic carbocycles. The SMILES string of the molecule is COc1ccc(C(C)C)cc1-n1nnc(C(=O)O)n1. The molecule has 0 aliphatic heterocycles. The Hall–Kier alpha value is -2.44. The van der Waals surface area contributed by atoms with Crippen LogP contribution in [0, 0.1) is 0 Å². The number of aromatic nitrogens is 4. The maximum Gasteiger partial charge on any atom is 0.377 e. The Labute approximate surface area is 109 Å². The Morgan fingerprint density at radius 2 is 2.16 bits per heavy atom. The second-order valence-corrected chi connectivity index (χ2v) is 4.29. The van der Waals surface area contributed by atoms with Gasteiger partial charge in [-0.25, -0.2) is 4.79 Å². The molecule has 0 bridgehead atoms. The molecule has 0 amide bonds. The third kappa shape index (κ3) is 2.54. The van der Waals surface area contributed by atoms with Crippen LogP contribution in [0.1, 0.15) is 35.9 Å². The first-order valence-corrected chi connectivity index (χ1v) is 5.74. The van der Waals surface area contributed by atoms with Crippen LogP contribution in [-0.4, -0.2) is 38.4 Å². The topological polar surface area (TPSA) is 90.1 Å². The maximum absolute atomic E-state index is 10.8. The molecule has 7 nitrogen and oxygen atoms in total. The van der Waals surface area contributed by atoms with Crippen molar-refractivity contribution in [2.24, 2.45) is 0 Å². The highest BCUT2D eigenvalue weighted by atomic mass is 16.5. The average molecular weight is 262 g/mol. The van der Waals surface area contributed by atoms with Gasteiger partial charge in [-0.2, -0.15) is 0 Å². The minimum absolute atomic E-state index is 0.326. The van der Waals surface area contributed by atoms with E-state index in [1.54, 1.807) is 6.07 Å². The summed E-state index contributed by atoms with van der Waals surface area (Å²) in [5.74, 6) is -0.687. The van der Waals surface area contributed by atoms with Crippen molar-refractivity contribution in [3.63, 3.8) is 0 Å². The number of rotatable bonds is 4. The van der Waals surface area contributed by atoms with Gasteiger partial charge in [0.25, 0.3) is 5.82 Å². The van der Waals surface area contributed by atoms with Gasteiger partial charge in [0.05, 0.1) is 7.11 Å². The average Bonchev–Trinajstić information content (AvgIpc) is 2.87. The second kappa shape index (κ2) is 5.05. The highest BCUT2D eigenvalue weighted by Gasteiger charge is 2.15. The summed E-state index contributed by atoms with van der Waals surface area (Å²) in [6.45, 7) is 4.12. The van der Waals surface area contributed by atoms with Crippen molar-refractivity contribution in [3.05, 3.63) is 29.6 Å². The van der Waals surface area contributed by atoms with Crippen LogP contribution in [0.5, 0.6) is 5.75 Å². The number of carboxylic acids is 1. The summed E-state index contributed by atoms with van der Waals surface area (Å²) in [6.07, 6.45) is 0. The summed E-state index contributed by atoms with van der Waals surface area (Å²) in [6, 6.07) is 5.60. The van der Waals surface area contributed by atoms with E-state index in [9.17, 15) is 4.79 Å². The summed E-state index contributed by atoms with van der Waals surface area (Å²) in [5.41, 5.74) is 1.64. The van der Waals surface area contributed by atoms with Crippen LogP contribution in [0.3, 0.4) is 0 Å². The molecule has 100 valence electrons. The van der Waals surface area contributed by atoms with Crippen molar-refractivity contribution in [2.75, 3.05) is 7.11 Å². The van der Waals surface area contributed by atoms with Gasteiger partial charge in [-0.3, -0.25) is 0 Å². The van der Waals surface area contributed by atoms with Gasteiger partial charge < -0.3 is 9.84 Å². The van der Waals surface area contributed by atoms with Crippen LogP contribution in [0.25, 0.3) is 5.69 Å². The van der Waals surface area contributed by atoms with Gasteiger partial charge >= 0.3 is 5.97 Å². The number of methoxy groups -OCH3 is 1. The molecule has 1 N–H and O–H groups in total. The predicted octanol–water partition coefficient (Wildman–Crippen LogP) is 1.49. The molecule has 0 atom stereocenters. The lowest BCUT2D eigenvalue weighted by molar-refractivity contribution is 0.0683. The quantitative estimate of drug-likeness (QED) is 0.897. The summed E-state index contributed by atoms with van der Waals surface area (Å²) in [5, 5.41) is 19.8. The zero-order chi connectivity index (χ0) is 14.0. The molecule has 7 heteroatoms. The van der Waals surface area contributed by atoms with E-state index in [0.717, 1.165) is 10.4 Å². The monoisotopic (exact) mass is 262 g/mol. The molecule has 0 radical (unpaired) electrons. The minimum Gasteiger partial charge on any atom is -0.494 e. The fraction of sp³-hybridized carbons (Fsp3) is 0.333. The minimum atomic E-state index is -1.22. The Morgan fingerprint density at radius 3 is 2.68 bits per heavy atom. The molecule has 0 saturated carbocycles. The lowest BCUT2D eigenvalue weighted by atomic mass is 10.0. The molecular formula is C12H14N4O3. The van der Waals surface area contributed by atoms with Gasteiger partial charge in [-0.05, 0) is 28.8 Å². The Bertz CT molecular complexity index is 607. The van der Waals surface area contributed by atoms with Gasteiger partial charge in [0, 0.05) is 0 Å². The molecule has 0 unspecified atom stereocenters. The van der Waals surface area contributed by atoms with Crippen LogP contribution in [0.2, 0.25) is 0 Å². The first-order chi connectivity index (χ1) is 9.02. The van der Waals surface area contributed by atoms with Gasteiger partial charge in [0.15, 0.2) is 0 Å². The highest BCUT2D eigenvalue weighted by molar-refractivity contribution is 5.82. The van der Waals surface area contributed by atoms with Gasteiger partial charge in [-0.1, -0.05) is 19.9 Å². The van der Waals surface area contributed by atoms with E-state index < -0.39 is 5.97 Å². The molecule has 0 spiro atoms. The van der Waals surface area contributed by atoms with E-state index in [1.165, 1.54) is 7.11 Å². The third-order valence-electron chi connectivity index (χ3n) is 2.69. The molecule has 19 heavy (non-hydrogen) atoms. The van der Waals surface area contributed by atoms with Gasteiger partial charge in [0.2, 0.25) is 0 Å². The lowest BCUT2D eigenvalue weighted by Gasteiger charge is -2.11. The number of hydrogen-bond acceptors (Lipinski definition) is 5. The molecule has 2 aromatic rings. The van der Waals surface area contributed by atoms with Crippen molar-refractivity contribution >= 4 is 5.97 Å². The number of nitrogens with zero attached hydrogens (tertiary/aromatic N) is 4. The van der Waals surface area contributed by atoms with Crippen molar-refractivity contribution in [2.45, 2.75) is 19.8 Å². The Morgan fingerprint density at radius 1 is 1.42 bits per heavy atom. The van der Waals surface area contributed by atoms with Crippen LogP contribution < -0.4 is 4.74 Å². The first-order valence-electron chi connectivity index (χ1n) is 5.74. The highest BCUT2D eigenvalue weighted by Crippen LogP contribution is 2.26. The van der Waals surface area contributed by atoms with E-state index in [-0.39, 0.29) is 5.82 Å². The Kier molecular flexibility index (Phi) is 3.46. The standard InChI is InChI=1S/C12H14N4O3/c1-7(2)8-4-5-10(19-3)9(6-8)16-14-11(12(17)18)13-15-16/h4-7H,1-3H3,(H,17,18). The van der Waals surface area contributed by atoms with Crippen LogP contribution >= 0.6 is 0 Å². The van der Waals surface area contributed by atoms with E-state index in [4.69, 9.17) is 9.84 Å². The fourth-order valence-electron chi connectivity index (χ4n) is 1.62. The lowest BCUT2D eigenvalue weighted by Crippen LogP contribution is -2.05. The smallest absolute Gasteiger partial charge is 0.377 e. The van der Waals surface area contributed by atoms with Crippen molar-refractivity contribution in [1.29, 1.82) is 0 Å². The predicted molar refractivity (Wildman–Crippen MR) is 66.8 cm³/mol. The number of carbonyl (C=O) groups is 1. The molecule has 0 saturated heterocycles. The summed E-state index contributed by atoms with van der Waals surface area (Å²) in [7, 11) is 1.53. The third-order valence-corrected chi connectivity index (χ3v) is 2.69. The molecular weight excluding hydrogens is 248 g/mol. The van der Waals surface area contributed by atoms with E-state index in [1.807, 2.05) is 12.1 Å². The number of ether oxygens (including phenoxy) is 1. The van der Waals surface area contributed by atoms with Crippen molar-refractivity contribution < 1.29 is 14.6 Å². The normalized spacial score (nSPS) is 10.7. The number of carboxylic acid groups (broad SMARTS) is 1. The zero-order valence-electron chi connectivity index (χ0n) is 10.9. The summed E-state index contributed by atoms with van der Waals surface area (Å²) in [4.78, 5) is 11.9. The molecule has 0 fully saturated rings. The summed E-state index contributed by atoms with van der Waals surface area (Å²) < 4.78 is 5.23.